The third-order valence-electron chi connectivity index (χ3n) is 2.90. The van der Waals surface area contributed by atoms with Crippen molar-refractivity contribution in [2.24, 2.45) is 5.73 Å². The highest BCUT2D eigenvalue weighted by Gasteiger charge is 2.27. The van der Waals surface area contributed by atoms with Crippen LogP contribution in [0.2, 0.25) is 0 Å². The van der Waals surface area contributed by atoms with Crippen molar-refractivity contribution in [3.05, 3.63) is 18.1 Å². The molecule has 1 aromatic heterocycles. The molecule has 1 aromatic rings. The number of morpholine rings is 1. The van der Waals surface area contributed by atoms with E-state index in [1.54, 1.807) is 12.4 Å². The maximum Gasteiger partial charge on any atom is 0.150 e. The fourth-order valence-electron chi connectivity index (χ4n) is 1.94. The molecule has 2 atom stereocenters. The van der Waals surface area contributed by atoms with Gasteiger partial charge >= 0.3 is 0 Å². The van der Waals surface area contributed by atoms with E-state index < -0.39 is 0 Å². The van der Waals surface area contributed by atoms with Crippen LogP contribution in [-0.4, -0.2) is 41.8 Å². The standard InChI is InChI=1S/C11H18N4O/c1-8-7-16-10(5-12)6-15(8)11-9(2)13-3-4-14-11/h3-4,8,10H,5-7,12H2,1-2H3. The van der Waals surface area contributed by atoms with Crippen LogP contribution in [0.5, 0.6) is 0 Å². The van der Waals surface area contributed by atoms with E-state index in [4.69, 9.17) is 10.5 Å². The quantitative estimate of drug-likeness (QED) is 0.781. The molecule has 5 nitrogen and oxygen atoms in total. The van der Waals surface area contributed by atoms with Gasteiger partial charge in [0.25, 0.3) is 0 Å². The second-order valence-corrected chi connectivity index (χ2v) is 4.16. The lowest BCUT2D eigenvalue weighted by atomic mass is 10.2. The van der Waals surface area contributed by atoms with Crippen LogP contribution in [0.25, 0.3) is 0 Å². The Morgan fingerprint density at radius 3 is 2.94 bits per heavy atom. The van der Waals surface area contributed by atoms with Crippen molar-refractivity contribution in [3.63, 3.8) is 0 Å². The molecule has 1 fully saturated rings. The highest BCUT2D eigenvalue weighted by Crippen LogP contribution is 2.21. The van der Waals surface area contributed by atoms with E-state index in [1.165, 1.54) is 0 Å². The van der Waals surface area contributed by atoms with Gasteiger partial charge in [0.15, 0.2) is 0 Å². The van der Waals surface area contributed by atoms with Gasteiger partial charge in [-0.15, -0.1) is 0 Å². The van der Waals surface area contributed by atoms with Gasteiger partial charge in [0.05, 0.1) is 24.4 Å². The zero-order valence-electron chi connectivity index (χ0n) is 9.76. The maximum atomic E-state index is 5.64. The van der Waals surface area contributed by atoms with E-state index in [1.807, 2.05) is 6.92 Å². The predicted molar refractivity (Wildman–Crippen MR) is 62.4 cm³/mol. The Labute approximate surface area is 95.6 Å². The van der Waals surface area contributed by atoms with Crippen LogP contribution in [0, 0.1) is 6.92 Å². The van der Waals surface area contributed by atoms with Crippen LogP contribution < -0.4 is 10.6 Å². The normalized spacial score (nSPS) is 25.8. The maximum absolute atomic E-state index is 5.64. The van der Waals surface area contributed by atoms with Crippen LogP contribution in [0.1, 0.15) is 12.6 Å². The number of aromatic nitrogens is 2. The summed E-state index contributed by atoms with van der Waals surface area (Å²) in [5, 5.41) is 0. The van der Waals surface area contributed by atoms with E-state index in [0.717, 1.165) is 18.1 Å². The van der Waals surface area contributed by atoms with Gasteiger partial charge in [-0.1, -0.05) is 0 Å². The highest BCUT2D eigenvalue weighted by atomic mass is 16.5. The summed E-state index contributed by atoms with van der Waals surface area (Å²) in [6.45, 7) is 6.13. The third kappa shape index (κ3) is 2.15. The van der Waals surface area contributed by atoms with Crippen molar-refractivity contribution < 1.29 is 4.74 Å². The van der Waals surface area contributed by atoms with E-state index in [0.29, 0.717) is 19.2 Å². The van der Waals surface area contributed by atoms with Gasteiger partial charge in [-0.3, -0.25) is 4.98 Å². The van der Waals surface area contributed by atoms with E-state index in [9.17, 15) is 0 Å². The minimum atomic E-state index is 0.0950. The summed E-state index contributed by atoms with van der Waals surface area (Å²) in [5.41, 5.74) is 6.59. The molecule has 0 saturated carbocycles. The lowest BCUT2D eigenvalue weighted by Gasteiger charge is -2.38. The first kappa shape index (κ1) is 11.3. The Morgan fingerprint density at radius 1 is 1.50 bits per heavy atom. The van der Waals surface area contributed by atoms with Gasteiger partial charge < -0.3 is 15.4 Å². The van der Waals surface area contributed by atoms with Crippen LogP contribution in [0.3, 0.4) is 0 Å². The van der Waals surface area contributed by atoms with E-state index in [2.05, 4.69) is 21.8 Å². The fourth-order valence-corrected chi connectivity index (χ4v) is 1.94. The van der Waals surface area contributed by atoms with Gasteiger partial charge in [-0.2, -0.15) is 0 Å². The molecule has 88 valence electrons. The lowest BCUT2D eigenvalue weighted by molar-refractivity contribution is 0.0279. The molecule has 0 spiro atoms. The Kier molecular flexibility index (Phi) is 3.36. The summed E-state index contributed by atoms with van der Waals surface area (Å²) >= 11 is 0. The SMILES string of the molecule is Cc1nccnc1N1CC(CN)OCC1C. The molecule has 5 heteroatoms. The number of aryl methyl sites for hydroxylation is 1. The third-order valence-corrected chi connectivity index (χ3v) is 2.90. The van der Waals surface area contributed by atoms with Gasteiger partial charge in [-0.25, -0.2) is 4.98 Å². The zero-order valence-corrected chi connectivity index (χ0v) is 9.76. The number of rotatable bonds is 2. The van der Waals surface area contributed by atoms with E-state index >= 15 is 0 Å². The molecular formula is C11H18N4O. The van der Waals surface area contributed by atoms with E-state index in [-0.39, 0.29) is 6.10 Å². The lowest BCUT2D eigenvalue weighted by Crippen LogP contribution is -2.51. The van der Waals surface area contributed by atoms with Crippen molar-refractivity contribution in [1.29, 1.82) is 0 Å². The molecule has 1 aliphatic rings. The molecule has 0 amide bonds. The second kappa shape index (κ2) is 4.76. The Bertz CT molecular complexity index is 358. The second-order valence-electron chi connectivity index (χ2n) is 4.16. The molecular weight excluding hydrogens is 204 g/mol. The first-order valence-electron chi connectivity index (χ1n) is 5.58. The fraction of sp³-hybridized carbons (Fsp3) is 0.636. The molecule has 0 aliphatic carbocycles. The summed E-state index contributed by atoms with van der Waals surface area (Å²) in [7, 11) is 0. The molecule has 2 N–H and O–H groups in total. The molecule has 0 bridgehead atoms. The molecule has 2 rings (SSSR count). The monoisotopic (exact) mass is 222 g/mol. The van der Waals surface area contributed by atoms with Crippen molar-refractivity contribution in [3.8, 4) is 0 Å². The summed E-state index contributed by atoms with van der Waals surface area (Å²) in [4.78, 5) is 10.9. The van der Waals surface area contributed by atoms with Crippen LogP contribution >= 0.6 is 0 Å². The molecule has 1 saturated heterocycles. The van der Waals surface area contributed by atoms with Gasteiger partial charge in [-0.05, 0) is 13.8 Å². The minimum Gasteiger partial charge on any atom is -0.373 e. The molecule has 2 unspecified atom stereocenters. The number of anilines is 1. The Hall–Kier alpha value is -1.20. The summed E-state index contributed by atoms with van der Waals surface area (Å²) in [6, 6.07) is 0.318. The molecule has 0 radical (unpaired) electrons. The smallest absolute Gasteiger partial charge is 0.150 e. The molecule has 0 aromatic carbocycles. The number of ether oxygens (including phenoxy) is 1. The first-order valence-corrected chi connectivity index (χ1v) is 5.58. The number of hydrogen-bond donors (Lipinski definition) is 1. The molecule has 16 heavy (non-hydrogen) atoms. The highest BCUT2D eigenvalue weighted by molar-refractivity contribution is 5.44. The zero-order chi connectivity index (χ0) is 11.5. The molecule has 1 aliphatic heterocycles. The van der Waals surface area contributed by atoms with Crippen molar-refractivity contribution in [1.82, 2.24) is 9.97 Å². The Balaban J connectivity index is 2.21. The number of nitrogens with zero attached hydrogens (tertiary/aromatic N) is 3. The average Bonchev–Trinajstić information content (AvgIpc) is 2.31. The van der Waals surface area contributed by atoms with Crippen molar-refractivity contribution in [2.75, 3.05) is 24.6 Å². The van der Waals surface area contributed by atoms with Gasteiger partial charge in [0.1, 0.15) is 5.82 Å². The van der Waals surface area contributed by atoms with Crippen LogP contribution in [-0.2, 0) is 4.74 Å². The Morgan fingerprint density at radius 2 is 2.25 bits per heavy atom. The van der Waals surface area contributed by atoms with Crippen LogP contribution in [0.15, 0.2) is 12.4 Å². The predicted octanol–water partition coefficient (Wildman–Crippen LogP) is 0.337. The number of hydrogen-bond acceptors (Lipinski definition) is 5. The number of nitrogens with two attached hydrogens (primary N) is 1. The molecule has 2 heterocycles. The first-order chi connectivity index (χ1) is 7.72. The van der Waals surface area contributed by atoms with Gasteiger partial charge in [0, 0.05) is 25.5 Å². The van der Waals surface area contributed by atoms with Crippen molar-refractivity contribution >= 4 is 5.82 Å². The minimum absolute atomic E-state index is 0.0950. The summed E-state index contributed by atoms with van der Waals surface area (Å²) in [5.74, 6) is 0.941. The van der Waals surface area contributed by atoms with Gasteiger partial charge in [0.2, 0.25) is 0 Å². The summed E-state index contributed by atoms with van der Waals surface area (Å²) < 4.78 is 5.62. The topological polar surface area (TPSA) is 64.3 Å². The van der Waals surface area contributed by atoms with Crippen LogP contribution in [0.4, 0.5) is 5.82 Å². The average molecular weight is 222 g/mol. The largest absolute Gasteiger partial charge is 0.373 e. The summed E-state index contributed by atoms with van der Waals surface area (Å²) in [6.07, 6.45) is 3.53. The van der Waals surface area contributed by atoms with Crippen molar-refractivity contribution in [2.45, 2.75) is 26.0 Å².